The zero-order valence-electron chi connectivity index (χ0n) is 12.3. The minimum atomic E-state index is -0.580. The van der Waals surface area contributed by atoms with E-state index in [1.165, 1.54) is 0 Å². The number of pyridine rings is 1. The van der Waals surface area contributed by atoms with Crippen molar-refractivity contribution in [1.29, 1.82) is 0 Å². The second-order valence-electron chi connectivity index (χ2n) is 5.25. The van der Waals surface area contributed by atoms with E-state index in [2.05, 4.69) is 23.1 Å². The average molecular weight is 281 g/mol. The van der Waals surface area contributed by atoms with Crippen molar-refractivity contribution >= 4 is 10.9 Å². The molecule has 1 unspecified atom stereocenters. The van der Waals surface area contributed by atoms with Gasteiger partial charge in [-0.2, -0.15) is 5.10 Å². The van der Waals surface area contributed by atoms with Gasteiger partial charge in [0.15, 0.2) is 0 Å². The fourth-order valence-corrected chi connectivity index (χ4v) is 2.64. The van der Waals surface area contributed by atoms with Crippen molar-refractivity contribution in [2.75, 3.05) is 0 Å². The molecule has 0 radical (unpaired) electrons. The van der Waals surface area contributed by atoms with E-state index in [4.69, 9.17) is 0 Å². The highest BCUT2D eigenvalue weighted by molar-refractivity contribution is 5.81. The molecule has 0 aliphatic carbocycles. The fraction of sp³-hybridized carbons (Fsp3) is 0.294. The first-order valence-corrected chi connectivity index (χ1v) is 7.22. The van der Waals surface area contributed by atoms with Gasteiger partial charge in [-0.15, -0.1) is 0 Å². The molecule has 0 fully saturated rings. The summed E-state index contributed by atoms with van der Waals surface area (Å²) in [6, 6.07) is 11.9. The van der Waals surface area contributed by atoms with Crippen LogP contribution in [0.2, 0.25) is 0 Å². The molecule has 1 aromatic carbocycles. The number of fused-ring (bicyclic) bond motifs is 1. The molecule has 0 aliphatic rings. The molecule has 108 valence electrons. The van der Waals surface area contributed by atoms with Crippen molar-refractivity contribution in [2.24, 2.45) is 7.05 Å². The Morgan fingerprint density at radius 3 is 2.81 bits per heavy atom. The lowest BCUT2D eigenvalue weighted by atomic mass is 10.0. The Morgan fingerprint density at radius 1 is 1.24 bits per heavy atom. The fourth-order valence-electron chi connectivity index (χ4n) is 2.64. The van der Waals surface area contributed by atoms with E-state index in [1.54, 1.807) is 6.20 Å². The smallest absolute Gasteiger partial charge is 0.0866 e. The molecule has 2 aromatic heterocycles. The second-order valence-corrected chi connectivity index (χ2v) is 5.25. The molecule has 0 saturated heterocycles. The first kappa shape index (κ1) is 13.8. The highest BCUT2D eigenvalue weighted by Crippen LogP contribution is 2.25. The number of rotatable bonds is 4. The van der Waals surface area contributed by atoms with E-state index in [-0.39, 0.29) is 0 Å². The summed E-state index contributed by atoms with van der Waals surface area (Å²) >= 11 is 0. The van der Waals surface area contributed by atoms with Crippen molar-refractivity contribution in [2.45, 2.75) is 25.9 Å². The van der Waals surface area contributed by atoms with Crippen LogP contribution < -0.4 is 0 Å². The van der Waals surface area contributed by atoms with Gasteiger partial charge in [0.05, 0.1) is 17.3 Å². The predicted molar refractivity (Wildman–Crippen MR) is 83.0 cm³/mol. The third kappa shape index (κ3) is 2.67. The van der Waals surface area contributed by atoms with Crippen LogP contribution in [0.3, 0.4) is 0 Å². The summed E-state index contributed by atoms with van der Waals surface area (Å²) in [5.41, 5.74) is 3.82. The molecule has 4 nitrogen and oxygen atoms in total. The molecular formula is C17H19N3O. The molecule has 0 spiro atoms. The van der Waals surface area contributed by atoms with Crippen molar-refractivity contribution in [3.63, 3.8) is 0 Å². The highest BCUT2D eigenvalue weighted by atomic mass is 16.3. The maximum atomic E-state index is 10.6. The lowest BCUT2D eigenvalue weighted by molar-refractivity contribution is 0.177. The standard InChI is InChI=1S/C17H19N3O/c1-3-13-10-14(20(2)19-13)11-16(21)15-8-4-6-12-7-5-9-18-17(12)15/h4-10,16,21H,3,11H2,1-2H3. The zero-order chi connectivity index (χ0) is 14.8. The van der Waals surface area contributed by atoms with Crippen molar-refractivity contribution in [3.8, 4) is 0 Å². The van der Waals surface area contributed by atoms with Gasteiger partial charge in [-0.05, 0) is 18.6 Å². The Kier molecular flexibility index (Phi) is 3.71. The van der Waals surface area contributed by atoms with Gasteiger partial charge in [-0.1, -0.05) is 31.2 Å². The number of hydrogen-bond acceptors (Lipinski definition) is 3. The van der Waals surface area contributed by atoms with Gasteiger partial charge in [0.1, 0.15) is 0 Å². The van der Waals surface area contributed by atoms with E-state index < -0.39 is 6.10 Å². The molecule has 4 heteroatoms. The van der Waals surface area contributed by atoms with Crippen LogP contribution in [-0.2, 0) is 19.9 Å². The van der Waals surface area contributed by atoms with Crippen LogP contribution in [0.15, 0.2) is 42.6 Å². The van der Waals surface area contributed by atoms with E-state index in [9.17, 15) is 5.11 Å². The molecule has 0 saturated carbocycles. The van der Waals surface area contributed by atoms with Crippen LogP contribution in [-0.4, -0.2) is 19.9 Å². The minimum absolute atomic E-state index is 0.541. The van der Waals surface area contributed by atoms with Gasteiger partial charge >= 0.3 is 0 Å². The molecule has 21 heavy (non-hydrogen) atoms. The average Bonchev–Trinajstić information content (AvgIpc) is 2.87. The summed E-state index contributed by atoms with van der Waals surface area (Å²) in [4.78, 5) is 4.41. The van der Waals surface area contributed by atoms with E-state index in [1.807, 2.05) is 42.1 Å². The largest absolute Gasteiger partial charge is 0.388 e. The number of aliphatic hydroxyl groups excluding tert-OH is 1. The summed E-state index contributed by atoms with van der Waals surface area (Å²) in [6.07, 6.45) is 2.63. The molecule has 1 atom stereocenters. The summed E-state index contributed by atoms with van der Waals surface area (Å²) in [5, 5.41) is 16.1. The number of benzene rings is 1. The summed E-state index contributed by atoms with van der Waals surface area (Å²) in [7, 11) is 1.92. The summed E-state index contributed by atoms with van der Waals surface area (Å²) in [5.74, 6) is 0. The Bertz CT molecular complexity index is 758. The molecule has 3 rings (SSSR count). The summed E-state index contributed by atoms with van der Waals surface area (Å²) < 4.78 is 1.85. The molecule has 0 bridgehead atoms. The first-order chi connectivity index (χ1) is 10.2. The summed E-state index contributed by atoms with van der Waals surface area (Å²) in [6.45, 7) is 2.08. The third-order valence-electron chi connectivity index (χ3n) is 3.81. The number of aromatic nitrogens is 3. The quantitative estimate of drug-likeness (QED) is 0.800. The normalized spacial score (nSPS) is 12.7. The van der Waals surface area contributed by atoms with E-state index in [0.717, 1.165) is 34.3 Å². The van der Waals surface area contributed by atoms with Crippen LogP contribution in [0.5, 0.6) is 0 Å². The minimum Gasteiger partial charge on any atom is -0.388 e. The molecule has 2 heterocycles. The Labute approximate surface area is 124 Å². The predicted octanol–water partition coefficient (Wildman–Crippen LogP) is 2.81. The highest BCUT2D eigenvalue weighted by Gasteiger charge is 2.15. The maximum absolute atomic E-state index is 10.6. The van der Waals surface area contributed by atoms with Gasteiger partial charge in [-0.25, -0.2) is 0 Å². The lowest BCUT2D eigenvalue weighted by Crippen LogP contribution is -2.07. The Hall–Kier alpha value is -2.20. The number of nitrogens with zero attached hydrogens (tertiary/aromatic N) is 3. The van der Waals surface area contributed by atoms with Crippen LogP contribution in [0.1, 0.15) is 30.0 Å². The number of aryl methyl sites for hydroxylation is 2. The molecule has 0 aliphatic heterocycles. The van der Waals surface area contributed by atoms with Crippen molar-refractivity contribution in [1.82, 2.24) is 14.8 Å². The SMILES string of the molecule is CCc1cc(CC(O)c2cccc3cccnc23)n(C)n1. The first-order valence-electron chi connectivity index (χ1n) is 7.22. The van der Waals surface area contributed by atoms with Gasteiger partial charge in [0.25, 0.3) is 0 Å². The van der Waals surface area contributed by atoms with Crippen molar-refractivity contribution in [3.05, 3.63) is 59.5 Å². The van der Waals surface area contributed by atoms with Crippen LogP contribution in [0, 0.1) is 0 Å². The van der Waals surface area contributed by atoms with Gasteiger partial charge in [0, 0.05) is 36.3 Å². The monoisotopic (exact) mass is 281 g/mol. The van der Waals surface area contributed by atoms with Gasteiger partial charge in [-0.3, -0.25) is 9.67 Å². The zero-order valence-corrected chi connectivity index (χ0v) is 12.3. The topological polar surface area (TPSA) is 50.9 Å². The van der Waals surface area contributed by atoms with Crippen LogP contribution in [0.4, 0.5) is 0 Å². The molecule has 0 amide bonds. The number of aliphatic hydroxyl groups is 1. The van der Waals surface area contributed by atoms with E-state index in [0.29, 0.717) is 6.42 Å². The van der Waals surface area contributed by atoms with Crippen molar-refractivity contribution < 1.29 is 5.11 Å². The third-order valence-corrected chi connectivity index (χ3v) is 3.81. The number of para-hydroxylation sites is 1. The lowest BCUT2D eigenvalue weighted by Gasteiger charge is -2.13. The Balaban J connectivity index is 1.93. The molecule has 3 aromatic rings. The van der Waals surface area contributed by atoms with Crippen LogP contribution in [0.25, 0.3) is 10.9 Å². The van der Waals surface area contributed by atoms with E-state index >= 15 is 0 Å². The van der Waals surface area contributed by atoms with Crippen LogP contribution >= 0.6 is 0 Å². The van der Waals surface area contributed by atoms with Gasteiger partial charge < -0.3 is 5.11 Å². The molecule has 1 N–H and O–H groups in total. The van der Waals surface area contributed by atoms with Gasteiger partial charge in [0.2, 0.25) is 0 Å². The Morgan fingerprint density at radius 2 is 2.05 bits per heavy atom. The molecular weight excluding hydrogens is 262 g/mol. The second kappa shape index (κ2) is 5.66. The number of hydrogen-bond donors (Lipinski definition) is 1. The maximum Gasteiger partial charge on any atom is 0.0866 e.